The molecule has 3 aromatic rings. The summed E-state index contributed by atoms with van der Waals surface area (Å²) in [5, 5.41) is 10.9. The third-order valence-electron chi connectivity index (χ3n) is 4.90. The predicted molar refractivity (Wildman–Crippen MR) is 114 cm³/mol. The predicted octanol–water partition coefficient (Wildman–Crippen LogP) is 4.71. The Labute approximate surface area is 177 Å². The van der Waals surface area contributed by atoms with Gasteiger partial charge in [0.1, 0.15) is 11.1 Å². The number of nitrogens with zero attached hydrogens (tertiary/aromatic N) is 2. The minimum absolute atomic E-state index is 0.233. The van der Waals surface area contributed by atoms with Crippen LogP contribution in [-0.4, -0.2) is 35.2 Å². The zero-order valence-electron chi connectivity index (χ0n) is 17.4. The molecule has 0 unspecified atom stereocenters. The van der Waals surface area contributed by atoms with Crippen LogP contribution in [0, 0.1) is 0 Å². The Morgan fingerprint density at radius 2 is 1.74 bits per heavy atom. The zero-order chi connectivity index (χ0) is 22.4. The number of H-pyrrole nitrogens is 1. The van der Waals surface area contributed by atoms with Crippen molar-refractivity contribution >= 4 is 22.4 Å². The van der Waals surface area contributed by atoms with Gasteiger partial charge in [-0.2, -0.15) is 5.10 Å². The molecular weight excluding hydrogens is 411 g/mol. The van der Waals surface area contributed by atoms with Crippen molar-refractivity contribution in [3.05, 3.63) is 46.9 Å². The minimum Gasteiger partial charge on any atom is -0.406 e. The molecule has 0 aliphatic heterocycles. The largest absolute Gasteiger partial charge is 0.573 e. The van der Waals surface area contributed by atoms with Gasteiger partial charge in [-0.15, -0.1) is 13.2 Å². The molecule has 1 aromatic carbocycles. The fourth-order valence-electron chi connectivity index (χ4n) is 3.67. The van der Waals surface area contributed by atoms with Crippen LogP contribution in [0.5, 0.6) is 5.75 Å². The number of rotatable bonds is 4. The van der Waals surface area contributed by atoms with Gasteiger partial charge in [-0.25, -0.2) is 0 Å². The van der Waals surface area contributed by atoms with Gasteiger partial charge in [0.05, 0.1) is 11.6 Å². The second-order valence-electron chi connectivity index (χ2n) is 7.35. The van der Waals surface area contributed by atoms with Crippen molar-refractivity contribution in [3.8, 4) is 5.75 Å². The molecule has 168 valence electrons. The second kappa shape index (κ2) is 9.86. The average Bonchev–Trinajstić information content (AvgIpc) is 3.09. The molecule has 1 aliphatic rings. The lowest BCUT2D eigenvalue weighted by Gasteiger charge is -2.22. The summed E-state index contributed by atoms with van der Waals surface area (Å²) in [5.41, 5.74) is 0.988. The van der Waals surface area contributed by atoms with E-state index in [2.05, 4.69) is 25.5 Å². The average molecular weight is 437 g/mol. The van der Waals surface area contributed by atoms with Gasteiger partial charge in [0.25, 0.3) is 5.56 Å². The third-order valence-corrected chi connectivity index (χ3v) is 4.90. The smallest absolute Gasteiger partial charge is 0.406 e. The molecule has 7 nitrogen and oxygen atoms in total. The monoisotopic (exact) mass is 437 g/mol. The van der Waals surface area contributed by atoms with Gasteiger partial charge in [0.15, 0.2) is 5.82 Å². The number of halogens is 3. The number of hydrogen-bond acceptors (Lipinski definition) is 5. The molecule has 31 heavy (non-hydrogen) atoms. The quantitative estimate of drug-likeness (QED) is 0.551. The Morgan fingerprint density at radius 3 is 2.35 bits per heavy atom. The molecule has 4 rings (SSSR count). The second-order valence-corrected chi connectivity index (χ2v) is 7.35. The van der Waals surface area contributed by atoms with Crippen molar-refractivity contribution in [1.82, 2.24) is 20.1 Å². The maximum atomic E-state index is 12.4. The van der Waals surface area contributed by atoms with E-state index in [-0.39, 0.29) is 17.4 Å². The number of nitrogens with one attached hydrogen (secondary N) is 3. The summed E-state index contributed by atoms with van der Waals surface area (Å²) >= 11 is 0. The highest BCUT2D eigenvalue weighted by atomic mass is 19.4. The third kappa shape index (κ3) is 5.78. The molecule has 0 atom stereocenters. The number of alkyl halides is 3. The maximum Gasteiger partial charge on any atom is 0.573 e. The molecule has 0 bridgehead atoms. The van der Waals surface area contributed by atoms with Crippen LogP contribution < -0.4 is 20.9 Å². The standard InChI is InChI=1S/C19H19F3N4O2.C2H7N/c20-19(21,22)28-14-8-6-12(7-9-14)24-17-16-15(10-11-23-18(16)27)26(25-17)13-4-2-1-3-5-13;1-3-2/h6-11,13H,1-5H2,(H,23,27)(H,24,25);3H,1-2H3. The normalized spacial score (nSPS) is 14.7. The van der Waals surface area contributed by atoms with Gasteiger partial charge in [0.2, 0.25) is 0 Å². The summed E-state index contributed by atoms with van der Waals surface area (Å²) in [6.45, 7) is 0. The summed E-state index contributed by atoms with van der Waals surface area (Å²) in [5.74, 6) is 0.0698. The number of hydrogen-bond donors (Lipinski definition) is 3. The van der Waals surface area contributed by atoms with E-state index in [1.165, 1.54) is 30.7 Å². The lowest BCUT2D eigenvalue weighted by molar-refractivity contribution is -0.274. The Morgan fingerprint density at radius 1 is 1.10 bits per heavy atom. The Bertz CT molecular complexity index is 1040. The van der Waals surface area contributed by atoms with Gasteiger partial charge in [0, 0.05) is 11.9 Å². The first-order chi connectivity index (χ1) is 14.8. The number of pyridine rings is 1. The number of fused-ring (bicyclic) bond motifs is 1. The molecule has 10 heteroatoms. The van der Waals surface area contributed by atoms with Gasteiger partial charge in [-0.1, -0.05) is 19.3 Å². The van der Waals surface area contributed by atoms with Crippen LogP contribution in [0.15, 0.2) is 41.3 Å². The van der Waals surface area contributed by atoms with Crippen molar-refractivity contribution in [2.75, 3.05) is 19.4 Å². The topological polar surface area (TPSA) is 84.0 Å². The molecular formula is C21H26F3N5O2. The van der Waals surface area contributed by atoms with Crippen LogP contribution >= 0.6 is 0 Å². The van der Waals surface area contributed by atoms with E-state index in [1.54, 1.807) is 6.20 Å². The van der Waals surface area contributed by atoms with E-state index < -0.39 is 6.36 Å². The first-order valence-corrected chi connectivity index (χ1v) is 10.1. The maximum absolute atomic E-state index is 12.4. The van der Waals surface area contributed by atoms with Crippen LogP contribution in [0.25, 0.3) is 10.9 Å². The molecule has 3 N–H and O–H groups in total. The summed E-state index contributed by atoms with van der Waals surface area (Å²) in [4.78, 5) is 15.1. The van der Waals surface area contributed by atoms with E-state index in [0.29, 0.717) is 16.9 Å². The highest BCUT2D eigenvalue weighted by Crippen LogP contribution is 2.33. The summed E-state index contributed by atoms with van der Waals surface area (Å²) in [7, 11) is 3.75. The van der Waals surface area contributed by atoms with E-state index in [1.807, 2.05) is 24.8 Å². The first kappa shape index (κ1) is 22.7. The van der Waals surface area contributed by atoms with E-state index in [0.717, 1.165) is 31.2 Å². The molecule has 0 radical (unpaired) electrons. The molecule has 0 amide bonds. The van der Waals surface area contributed by atoms with Crippen molar-refractivity contribution in [2.24, 2.45) is 0 Å². The van der Waals surface area contributed by atoms with E-state index in [9.17, 15) is 18.0 Å². The summed E-state index contributed by atoms with van der Waals surface area (Å²) in [6, 6.07) is 7.37. The first-order valence-electron chi connectivity index (χ1n) is 10.1. The molecule has 2 heterocycles. The van der Waals surface area contributed by atoms with Gasteiger partial charge in [-0.05, 0) is 57.3 Å². The van der Waals surface area contributed by atoms with Gasteiger partial charge >= 0.3 is 6.36 Å². The fraction of sp³-hybridized carbons (Fsp3) is 0.429. The van der Waals surface area contributed by atoms with Gasteiger partial charge in [-0.3, -0.25) is 9.48 Å². The van der Waals surface area contributed by atoms with Crippen LogP contribution in [-0.2, 0) is 0 Å². The minimum atomic E-state index is -4.74. The van der Waals surface area contributed by atoms with Gasteiger partial charge < -0.3 is 20.4 Å². The lowest BCUT2D eigenvalue weighted by atomic mass is 9.95. The molecule has 1 saturated carbocycles. The number of aromatic nitrogens is 3. The Kier molecular flexibility index (Phi) is 7.21. The van der Waals surface area contributed by atoms with Crippen LogP contribution in [0.3, 0.4) is 0 Å². The number of anilines is 2. The number of ether oxygens (including phenoxy) is 1. The van der Waals surface area contributed by atoms with Crippen molar-refractivity contribution < 1.29 is 17.9 Å². The molecule has 0 saturated heterocycles. The highest BCUT2D eigenvalue weighted by Gasteiger charge is 2.31. The summed E-state index contributed by atoms with van der Waals surface area (Å²) < 4.78 is 42.7. The Hall–Kier alpha value is -3.01. The number of aromatic amines is 1. The van der Waals surface area contributed by atoms with Crippen LogP contribution in [0.4, 0.5) is 24.7 Å². The Balaban J connectivity index is 0.000000858. The van der Waals surface area contributed by atoms with Crippen LogP contribution in [0.2, 0.25) is 0 Å². The van der Waals surface area contributed by atoms with Crippen molar-refractivity contribution in [2.45, 2.75) is 44.5 Å². The molecule has 0 spiro atoms. The van der Waals surface area contributed by atoms with E-state index in [4.69, 9.17) is 0 Å². The van der Waals surface area contributed by atoms with Crippen molar-refractivity contribution in [3.63, 3.8) is 0 Å². The zero-order valence-corrected chi connectivity index (χ0v) is 17.4. The summed E-state index contributed by atoms with van der Waals surface area (Å²) in [6.07, 6.45) is 2.32. The van der Waals surface area contributed by atoms with Crippen LogP contribution in [0.1, 0.15) is 38.1 Å². The fourth-order valence-corrected chi connectivity index (χ4v) is 3.67. The molecule has 2 aromatic heterocycles. The highest BCUT2D eigenvalue weighted by molar-refractivity contribution is 5.91. The SMILES string of the molecule is CNC.O=c1[nH]ccc2c1c(Nc1ccc(OC(F)(F)F)cc1)nn2C1CCCCC1. The lowest BCUT2D eigenvalue weighted by Crippen LogP contribution is -2.17. The van der Waals surface area contributed by atoms with E-state index >= 15 is 0 Å². The molecule has 1 aliphatic carbocycles. The van der Waals surface area contributed by atoms with Crippen molar-refractivity contribution in [1.29, 1.82) is 0 Å². The number of benzene rings is 1. The molecule has 1 fully saturated rings.